The van der Waals surface area contributed by atoms with Gasteiger partial charge in [0.1, 0.15) is 58.9 Å². The van der Waals surface area contributed by atoms with Gasteiger partial charge in [0.25, 0.3) is 0 Å². The summed E-state index contributed by atoms with van der Waals surface area (Å²) in [6.45, 7) is -0.312. The van der Waals surface area contributed by atoms with Crippen LogP contribution in [0.1, 0.15) is 10.4 Å². The number of benzene rings is 5. The predicted octanol–water partition coefficient (Wildman–Crippen LogP) is 6.43. The molecule has 1 heterocycles. The lowest BCUT2D eigenvalue weighted by Gasteiger charge is -2.44. The number of hydrogen-bond acceptors (Lipinski definition) is 4. The molecule has 0 unspecified atom stereocenters. The van der Waals surface area contributed by atoms with Gasteiger partial charge in [-0.25, -0.2) is 92.8 Å². The van der Waals surface area contributed by atoms with Crippen LogP contribution in [0.2, 0.25) is 0 Å². The summed E-state index contributed by atoms with van der Waals surface area (Å²) in [5.41, 5.74) is -13.7. The van der Waals surface area contributed by atoms with E-state index in [9.17, 15) is 57.5 Å². The van der Waals surface area contributed by atoms with Crippen molar-refractivity contribution in [1.82, 2.24) is 4.98 Å². The number of ketones is 1. The van der Waals surface area contributed by atoms with E-state index in [1.165, 1.54) is 6.20 Å². The summed E-state index contributed by atoms with van der Waals surface area (Å²) in [7, 11) is 0. The Balaban J connectivity index is 0.000000345. The van der Waals surface area contributed by atoms with Gasteiger partial charge in [-0.05, 0) is 0 Å². The summed E-state index contributed by atoms with van der Waals surface area (Å²) in [5.74, 6) is -71.1. The van der Waals surface area contributed by atoms with E-state index in [0.717, 1.165) is 0 Å². The smallest absolute Gasteiger partial charge is 0.389 e. The molecular weight excluding hydrogens is 911 g/mol. The summed E-state index contributed by atoms with van der Waals surface area (Å²) < 4.78 is 301. The van der Waals surface area contributed by atoms with Gasteiger partial charge in [-0.15, -0.1) is 21.9 Å². The van der Waals surface area contributed by atoms with Crippen LogP contribution in [0, 0.1) is 116 Å². The van der Waals surface area contributed by atoms with Crippen LogP contribution in [0.15, 0.2) is 48.9 Å². The second-order valence-electron chi connectivity index (χ2n) is 12.4. The van der Waals surface area contributed by atoms with E-state index < -0.39 is 151 Å². The van der Waals surface area contributed by atoms with Crippen LogP contribution in [0.4, 0.5) is 87.8 Å². The van der Waals surface area contributed by atoms with E-state index in [1.807, 2.05) is 18.2 Å². The fourth-order valence-electron chi connectivity index (χ4n) is 6.43. The molecular formula is C37H13BF20N2O3. The van der Waals surface area contributed by atoms with Gasteiger partial charge in [-0.2, -0.15) is 4.57 Å². The third-order valence-electron chi connectivity index (χ3n) is 9.13. The number of rotatable bonds is 9. The van der Waals surface area contributed by atoms with Crippen LogP contribution < -0.4 is 31.2 Å². The molecule has 0 spiro atoms. The van der Waals surface area contributed by atoms with Crippen LogP contribution in [-0.4, -0.2) is 28.8 Å². The molecule has 1 N–H and O–H groups in total. The standard InChI is InChI=1S/C24BF20.C13H13N2O3/c26-5-1(6(27)14(35)21(42)13(5)34)25(2-7(28)15(36)22(43)16(37)8(2)29,3-9(30)17(38)23(44)18(39)10(3)31)4-11(32)19(40)24(45)20(41)12(4)33;16-10-18-13-8-14-6-7-15(13)9-12(17)11-4-2-1-3-5-11/h;1-8,16H,9-10H2/q-1;+1. The number of aromatic nitrogens is 2. The highest BCUT2D eigenvalue weighted by molar-refractivity contribution is 7.20. The molecule has 0 aliphatic heterocycles. The molecule has 0 aliphatic rings. The van der Waals surface area contributed by atoms with Gasteiger partial charge < -0.3 is 9.84 Å². The third kappa shape index (κ3) is 7.64. The molecule has 63 heavy (non-hydrogen) atoms. The maximum Gasteiger partial charge on any atom is 0.389 e. The summed E-state index contributed by atoms with van der Waals surface area (Å²) in [6, 6.07) is 9.01. The average Bonchev–Trinajstić information content (AvgIpc) is 3.27. The SMILES string of the molecule is Fc1c(F)c(F)c([B-](c2c(F)c(F)c(F)c(F)c2F)(c2c(F)c(F)c(F)c(F)c2F)c2c(F)c(F)c(F)c(F)c2F)c(F)c1F.O=C(C[n+]1ccncc1OCO)c1ccccc1. The fourth-order valence-corrected chi connectivity index (χ4v) is 6.43. The summed E-state index contributed by atoms with van der Waals surface area (Å²) >= 11 is 0. The lowest BCUT2D eigenvalue weighted by molar-refractivity contribution is -0.689. The monoisotopic (exact) mass is 924 g/mol. The van der Waals surface area contributed by atoms with Crippen molar-refractivity contribution in [1.29, 1.82) is 0 Å². The van der Waals surface area contributed by atoms with Crippen molar-refractivity contribution >= 4 is 33.8 Å². The first-order valence-electron chi connectivity index (χ1n) is 16.4. The number of Topliss-reactive ketones (excluding diaryl/α,β-unsaturated/α-hetero) is 1. The molecule has 0 amide bonds. The number of hydrogen-bond donors (Lipinski definition) is 1. The zero-order valence-electron chi connectivity index (χ0n) is 29.8. The molecule has 0 saturated heterocycles. The zero-order chi connectivity index (χ0) is 47.2. The number of carbonyl (C=O) groups excluding carboxylic acids is 1. The summed E-state index contributed by atoms with van der Waals surface area (Å²) in [4.78, 5) is 15.9. The van der Waals surface area contributed by atoms with Crippen LogP contribution in [0.5, 0.6) is 5.88 Å². The van der Waals surface area contributed by atoms with E-state index in [-0.39, 0.29) is 12.3 Å². The van der Waals surface area contributed by atoms with Crippen LogP contribution in [0.3, 0.4) is 0 Å². The summed E-state index contributed by atoms with van der Waals surface area (Å²) in [5, 5.41) is 8.75. The number of nitrogens with zero attached hydrogens (tertiary/aromatic N) is 2. The van der Waals surface area contributed by atoms with Gasteiger partial charge in [0.15, 0.2) is 82.8 Å². The molecule has 0 aliphatic carbocycles. The van der Waals surface area contributed by atoms with Crippen LogP contribution in [-0.2, 0) is 6.54 Å². The average molecular weight is 924 g/mol. The molecule has 5 aromatic carbocycles. The van der Waals surface area contributed by atoms with Crippen molar-refractivity contribution in [2.75, 3.05) is 6.79 Å². The molecule has 1 aromatic heterocycles. The van der Waals surface area contributed by atoms with Crippen molar-refractivity contribution in [3.05, 3.63) is 171 Å². The van der Waals surface area contributed by atoms with Crippen molar-refractivity contribution in [2.45, 2.75) is 6.54 Å². The van der Waals surface area contributed by atoms with Crippen LogP contribution in [0.25, 0.3) is 0 Å². The van der Waals surface area contributed by atoms with Crippen LogP contribution >= 0.6 is 0 Å². The van der Waals surface area contributed by atoms with Gasteiger partial charge in [-0.3, -0.25) is 4.79 Å². The number of carbonyl (C=O) groups is 1. The van der Waals surface area contributed by atoms with E-state index in [0.29, 0.717) is 11.4 Å². The highest BCUT2D eigenvalue weighted by atomic mass is 19.2. The molecule has 26 heteroatoms. The van der Waals surface area contributed by atoms with Crippen molar-refractivity contribution in [3.8, 4) is 5.88 Å². The Hall–Kier alpha value is -6.73. The highest BCUT2D eigenvalue weighted by Gasteiger charge is 2.52. The Morgan fingerprint density at radius 1 is 0.476 bits per heavy atom. The van der Waals surface area contributed by atoms with Gasteiger partial charge in [0, 0.05) is 5.56 Å². The second-order valence-corrected chi connectivity index (χ2v) is 12.4. The van der Waals surface area contributed by atoms with Gasteiger partial charge >= 0.3 is 5.88 Å². The normalized spacial score (nSPS) is 11.4. The molecule has 0 bridgehead atoms. The Morgan fingerprint density at radius 2 is 0.762 bits per heavy atom. The lowest BCUT2D eigenvalue weighted by Crippen LogP contribution is -2.81. The Morgan fingerprint density at radius 3 is 1.05 bits per heavy atom. The van der Waals surface area contributed by atoms with Gasteiger partial charge in [0.05, 0.1) is 6.20 Å². The minimum atomic E-state index is -7.22. The molecule has 6 rings (SSSR count). The maximum absolute atomic E-state index is 15.4. The zero-order valence-corrected chi connectivity index (χ0v) is 29.8. The largest absolute Gasteiger partial charge is 0.416 e. The van der Waals surface area contributed by atoms with Crippen molar-refractivity contribution < 1.29 is 107 Å². The molecule has 0 atom stereocenters. The van der Waals surface area contributed by atoms with E-state index >= 15 is 35.1 Å². The fraction of sp³-hybridized carbons (Fsp3) is 0.0541. The highest BCUT2D eigenvalue weighted by Crippen LogP contribution is 2.30. The number of halogens is 20. The first-order chi connectivity index (χ1) is 29.5. The molecule has 332 valence electrons. The third-order valence-corrected chi connectivity index (χ3v) is 9.13. The number of aliphatic hydroxyl groups is 1. The minimum absolute atomic E-state index is 0.0328. The Kier molecular flexibility index (Phi) is 13.5. The number of aliphatic hydroxyl groups excluding tert-OH is 1. The first-order valence-corrected chi connectivity index (χ1v) is 16.4. The quantitative estimate of drug-likeness (QED) is 0.0346. The molecule has 0 saturated carbocycles. The van der Waals surface area contributed by atoms with Crippen molar-refractivity contribution in [2.24, 2.45) is 0 Å². The lowest BCUT2D eigenvalue weighted by atomic mass is 9.12. The van der Waals surface area contributed by atoms with Gasteiger partial charge in [-0.1, -0.05) is 30.3 Å². The van der Waals surface area contributed by atoms with E-state index in [2.05, 4.69) is 4.98 Å². The van der Waals surface area contributed by atoms with E-state index in [1.54, 1.807) is 29.1 Å². The Bertz CT molecular complexity index is 2430. The first kappa shape index (κ1) is 47.3. The predicted molar refractivity (Wildman–Crippen MR) is 172 cm³/mol. The maximum atomic E-state index is 15.4. The van der Waals surface area contributed by atoms with Gasteiger partial charge in [0.2, 0.25) is 12.3 Å². The molecule has 5 nitrogen and oxygen atoms in total. The van der Waals surface area contributed by atoms with E-state index in [4.69, 9.17) is 9.84 Å². The molecule has 0 fully saturated rings. The minimum Gasteiger partial charge on any atom is -0.416 e. The summed E-state index contributed by atoms with van der Waals surface area (Å²) in [6.07, 6.45) is -2.58. The second kappa shape index (κ2) is 17.9. The molecule has 0 radical (unpaired) electrons. The topological polar surface area (TPSA) is 63.3 Å². The Labute approximate surface area is 336 Å². The van der Waals surface area contributed by atoms with Crippen molar-refractivity contribution in [3.63, 3.8) is 0 Å². The number of ether oxygens (including phenoxy) is 1. The molecule has 6 aromatic rings.